The molecule has 1 aliphatic heterocycles. The number of rotatable bonds is 4. The lowest BCUT2D eigenvalue weighted by Gasteiger charge is -2.32. The Bertz CT molecular complexity index is 747. The molecule has 0 amide bonds. The van der Waals surface area contributed by atoms with Crippen LogP contribution < -0.4 is 0 Å². The zero-order valence-electron chi connectivity index (χ0n) is 15.7. The first-order valence-electron chi connectivity index (χ1n) is 8.29. The Labute approximate surface area is 166 Å². The number of hydrogen-bond acceptors (Lipinski definition) is 4. The molecular weight excluding hydrogens is 400 g/mol. The third kappa shape index (κ3) is 5.31. The maximum Gasteiger partial charge on any atom is 0.491 e. The molecule has 0 aliphatic carbocycles. The zero-order valence-corrected chi connectivity index (χ0v) is 17.3. The van der Waals surface area contributed by atoms with Gasteiger partial charge in [-0.25, -0.2) is 0 Å². The van der Waals surface area contributed by atoms with Crippen LogP contribution in [0.4, 0.5) is 13.2 Å². The number of hydrogen-bond donors (Lipinski definition) is 0. The van der Waals surface area contributed by atoms with Crippen LogP contribution in [0.2, 0.25) is 5.02 Å². The Morgan fingerprint density at radius 3 is 2.26 bits per heavy atom. The lowest BCUT2D eigenvalue weighted by atomic mass is 9.78. The van der Waals surface area contributed by atoms with E-state index in [-0.39, 0.29) is 21.5 Å². The number of alkyl halides is 3. The molecule has 1 heterocycles. The summed E-state index contributed by atoms with van der Waals surface area (Å²) in [5.74, 6) is 0.159. The van der Waals surface area contributed by atoms with Gasteiger partial charge >= 0.3 is 13.3 Å². The number of halogens is 4. The van der Waals surface area contributed by atoms with Crippen LogP contribution in [0.5, 0.6) is 0 Å². The summed E-state index contributed by atoms with van der Waals surface area (Å²) in [6.07, 6.45) is -3.19. The lowest BCUT2D eigenvalue weighted by molar-refractivity contribution is -0.137. The molecule has 0 atom stereocenters. The van der Waals surface area contributed by atoms with Crippen molar-refractivity contribution in [3.8, 4) is 0 Å². The molecule has 1 aromatic rings. The predicted octanol–water partition coefficient (Wildman–Crippen LogP) is 5.65. The molecular formula is C18H21BClF3O3S. The van der Waals surface area contributed by atoms with Gasteiger partial charge in [-0.05, 0) is 50.9 Å². The van der Waals surface area contributed by atoms with Gasteiger partial charge in [0, 0.05) is 17.7 Å². The summed E-state index contributed by atoms with van der Waals surface area (Å²) in [6.45, 7) is 8.81. The second-order valence-corrected chi connectivity index (χ2v) is 8.91. The van der Waals surface area contributed by atoms with Crippen LogP contribution in [0.25, 0.3) is 6.08 Å². The summed E-state index contributed by atoms with van der Waals surface area (Å²) < 4.78 is 52.1. The highest BCUT2D eigenvalue weighted by Crippen LogP contribution is 2.40. The lowest BCUT2D eigenvalue weighted by Crippen LogP contribution is -2.41. The van der Waals surface area contributed by atoms with Crippen LogP contribution in [-0.4, -0.2) is 29.2 Å². The molecule has 0 bridgehead atoms. The van der Waals surface area contributed by atoms with Gasteiger partial charge < -0.3 is 9.31 Å². The fourth-order valence-corrected chi connectivity index (χ4v) is 3.22. The van der Waals surface area contributed by atoms with Gasteiger partial charge in [-0.2, -0.15) is 13.2 Å². The van der Waals surface area contributed by atoms with E-state index in [1.165, 1.54) is 25.1 Å². The molecule has 9 heteroatoms. The quantitative estimate of drug-likeness (QED) is 0.589. The summed E-state index contributed by atoms with van der Waals surface area (Å²) in [6, 6.07) is 3.57. The summed E-state index contributed by atoms with van der Waals surface area (Å²) in [4.78, 5) is 11.4. The van der Waals surface area contributed by atoms with Crippen LogP contribution in [0.1, 0.15) is 45.7 Å². The van der Waals surface area contributed by atoms with Crippen molar-refractivity contribution in [3.63, 3.8) is 0 Å². The van der Waals surface area contributed by atoms with E-state index in [0.717, 1.165) is 17.8 Å². The average molecular weight is 421 g/mol. The molecule has 0 radical (unpaired) electrons. The van der Waals surface area contributed by atoms with Gasteiger partial charge in [-0.1, -0.05) is 35.5 Å². The van der Waals surface area contributed by atoms with Gasteiger partial charge in [0.05, 0.1) is 16.8 Å². The summed E-state index contributed by atoms with van der Waals surface area (Å²) in [5.41, 5.74) is -1.76. The molecule has 1 fully saturated rings. The van der Waals surface area contributed by atoms with E-state index in [9.17, 15) is 18.0 Å². The van der Waals surface area contributed by atoms with E-state index in [1.54, 1.807) is 0 Å². The van der Waals surface area contributed by atoms with Gasteiger partial charge in [0.1, 0.15) is 0 Å². The molecule has 3 nitrogen and oxygen atoms in total. The molecule has 0 spiro atoms. The zero-order chi connectivity index (χ0) is 20.6. The van der Waals surface area contributed by atoms with Crippen LogP contribution >= 0.6 is 23.4 Å². The third-order valence-corrected chi connectivity index (χ3v) is 5.78. The van der Waals surface area contributed by atoms with Crippen LogP contribution in [0.15, 0.2) is 23.7 Å². The minimum absolute atomic E-state index is 0.00484. The Balaban J connectivity index is 2.48. The first-order valence-corrected chi connectivity index (χ1v) is 9.65. The normalized spacial score (nSPS) is 19.4. The second kappa shape index (κ2) is 7.81. The van der Waals surface area contributed by atoms with E-state index in [0.29, 0.717) is 5.47 Å². The number of benzene rings is 1. The predicted molar refractivity (Wildman–Crippen MR) is 104 cm³/mol. The molecule has 0 unspecified atom stereocenters. The van der Waals surface area contributed by atoms with Crippen molar-refractivity contribution >= 4 is 41.7 Å². The number of carbonyl (C=O) groups excluding carboxylic acids is 1. The van der Waals surface area contributed by atoms with E-state index < -0.39 is 30.1 Å². The first kappa shape index (κ1) is 22.3. The van der Waals surface area contributed by atoms with Crippen molar-refractivity contribution in [1.82, 2.24) is 0 Å². The van der Waals surface area contributed by atoms with Crippen LogP contribution in [0.3, 0.4) is 0 Å². The van der Waals surface area contributed by atoms with Crippen molar-refractivity contribution in [1.29, 1.82) is 0 Å². The average Bonchev–Trinajstić information content (AvgIpc) is 2.71. The molecule has 1 aliphatic rings. The van der Waals surface area contributed by atoms with Crippen LogP contribution in [-0.2, 0) is 20.3 Å². The molecule has 1 saturated heterocycles. The largest absolute Gasteiger partial charge is 0.491 e. The Morgan fingerprint density at radius 2 is 1.78 bits per heavy atom. The first-order chi connectivity index (χ1) is 12.2. The molecule has 148 valence electrons. The van der Waals surface area contributed by atoms with Crippen molar-refractivity contribution in [2.24, 2.45) is 0 Å². The summed E-state index contributed by atoms with van der Waals surface area (Å²) in [7, 11) is -0.849. The maximum atomic E-state index is 13.4. The monoisotopic (exact) mass is 420 g/mol. The molecule has 1 aromatic carbocycles. The van der Waals surface area contributed by atoms with E-state index in [4.69, 9.17) is 20.9 Å². The second-order valence-electron chi connectivity index (χ2n) is 7.32. The van der Waals surface area contributed by atoms with Gasteiger partial charge in [0.15, 0.2) is 5.12 Å². The highest BCUT2D eigenvalue weighted by atomic mass is 35.5. The minimum atomic E-state index is -4.56. The highest BCUT2D eigenvalue weighted by Gasteiger charge is 2.52. The van der Waals surface area contributed by atoms with Gasteiger partial charge in [0.2, 0.25) is 0 Å². The highest BCUT2D eigenvalue weighted by molar-refractivity contribution is 8.13. The van der Waals surface area contributed by atoms with Crippen molar-refractivity contribution in [3.05, 3.63) is 39.8 Å². The molecule has 0 N–H and O–H groups in total. The number of thioether (sulfide) groups is 1. The molecule has 0 saturated carbocycles. The van der Waals surface area contributed by atoms with Crippen LogP contribution in [0, 0.1) is 0 Å². The fraction of sp³-hybridized carbons (Fsp3) is 0.500. The maximum absolute atomic E-state index is 13.4. The van der Waals surface area contributed by atoms with Crippen molar-refractivity contribution in [2.75, 3.05) is 5.75 Å². The van der Waals surface area contributed by atoms with E-state index in [2.05, 4.69) is 0 Å². The van der Waals surface area contributed by atoms with Crippen molar-refractivity contribution < 1.29 is 27.3 Å². The Morgan fingerprint density at radius 1 is 1.22 bits per heavy atom. The topological polar surface area (TPSA) is 35.5 Å². The van der Waals surface area contributed by atoms with Gasteiger partial charge in [-0.3, -0.25) is 4.79 Å². The molecule has 27 heavy (non-hydrogen) atoms. The summed E-state index contributed by atoms with van der Waals surface area (Å²) in [5, 5.41) is -0.153. The Hall–Kier alpha value is -0.955. The Kier molecular flexibility index (Phi) is 6.46. The molecule has 0 aromatic heterocycles. The fourth-order valence-electron chi connectivity index (χ4n) is 2.46. The third-order valence-electron chi connectivity index (χ3n) is 4.66. The van der Waals surface area contributed by atoms with Gasteiger partial charge in [-0.15, -0.1) is 0 Å². The van der Waals surface area contributed by atoms with Gasteiger partial charge in [0.25, 0.3) is 0 Å². The van der Waals surface area contributed by atoms with E-state index in [1.807, 2.05) is 27.7 Å². The standard InChI is InChI=1S/C18H21BClF3O3S/c1-11(24)27-10-13(19-25-16(2,3)17(4,5)26-19)8-12-6-7-14(20)9-15(12)18(21,22)23/h6-9H,10H2,1-5H3. The van der Waals surface area contributed by atoms with Crippen molar-refractivity contribution in [2.45, 2.75) is 52.0 Å². The SMILES string of the molecule is CC(=O)SCC(=Cc1ccc(Cl)cc1C(F)(F)F)B1OC(C)(C)C(C)(C)O1. The number of carbonyl (C=O) groups is 1. The van der Waals surface area contributed by atoms with E-state index >= 15 is 0 Å². The summed E-state index contributed by atoms with van der Waals surface area (Å²) >= 11 is 6.73. The molecule has 2 rings (SSSR count). The minimum Gasteiger partial charge on any atom is -0.400 e. The smallest absolute Gasteiger partial charge is 0.400 e.